The van der Waals surface area contributed by atoms with Gasteiger partial charge in [-0.05, 0) is 47.7 Å². The van der Waals surface area contributed by atoms with Crippen molar-refractivity contribution in [2.45, 2.75) is 19.3 Å². The lowest BCUT2D eigenvalue weighted by atomic mass is 10.1. The number of ether oxygens (including phenoxy) is 1. The molecule has 0 fully saturated rings. The first-order valence-electron chi connectivity index (χ1n) is 9.19. The van der Waals surface area contributed by atoms with E-state index < -0.39 is 11.8 Å². The lowest BCUT2D eigenvalue weighted by Crippen LogP contribution is -2.41. The first-order valence-corrected chi connectivity index (χ1v) is 10.3. The molecule has 0 radical (unpaired) electrons. The van der Waals surface area contributed by atoms with Gasteiger partial charge in [0, 0.05) is 11.3 Å². The number of hydrazine groups is 1. The first kappa shape index (κ1) is 20.5. The molecule has 0 atom stereocenters. The smallest absolute Gasteiger partial charge is 0.305 e. The van der Waals surface area contributed by atoms with Gasteiger partial charge in [-0.15, -0.1) is 0 Å². The highest BCUT2D eigenvalue weighted by Crippen LogP contribution is 2.14. The lowest BCUT2D eigenvalue weighted by molar-refractivity contribution is 0.0828. The molecule has 0 saturated carbocycles. The molecule has 150 valence electrons. The van der Waals surface area contributed by atoms with E-state index in [0.717, 1.165) is 17.1 Å². The van der Waals surface area contributed by atoms with Crippen molar-refractivity contribution in [1.29, 1.82) is 0 Å². The van der Waals surface area contributed by atoms with Crippen LogP contribution >= 0.6 is 11.8 Å². The number of rotatable bonds is 8. The van der Waals surface area contributed by atoms with Crippen molar-refractivity contribution < 1.29 is 18.7 Å². The van der Waals surface area contributed by atoms with Crippen LogP contribution in [0.3, 0.4) is 0 Å². The maximum absolute atomic E-state index is 12.2. The number of para-hydroxylation sites is 1. The van der Waals surface area contributed by atoms with Gasteiger partial charge in [-0.2, -0.15) is 11.8 Å². The highest BCUT2D eigenvalue weighted by atomic mass is 32.2. The van der Waals surface area contributed by atoms with Crippen molar-refractivity contribution in [1.82, 2.24) is 10.9 Å². The lowest BCUT2D eigenvalue weighted by Gasteiger charge is -2.07. The van der Waals surface area contributed by atoms with E-state index in [1.54, 1.807) is 18.2 Å². The van der Waals surface area contributed by atoms with Crippen molar-refractivity contribution >= 4 is 23.6 Å². The summed E-state index contributed by atoms with van der Waals surface area (Å²) in [6.07, 6.45) is 0. The first-order chi connectivity index (χ1) is 14.2. The van der Waals surface area contributed by atoms with Crippen LogP contribution in [0.4, 0.5) is 0 Å². The van der Waals surface area contributed by atoms with Gasteiger partial charge >= 0.3 is 5.91 Å². The van der Waals surface area contributed by atoms with Crippen molar-refractivity contribution in [3.8, 4) is 5.75 Å². The highest BCUT2D eigenvalue weighted by Gasteiger charge is 2.13. The summed E-state index contributed by atoms with van der Waals surface area (Å²) in [5.41, 5.74) is 6.36. The van der Waals surface area contributed by atoms with E-state index >= 15 is 0 Å². The zero-order valence-corrected chi connectivity index (χ0v) is 16.8. The summed E-state index contributed by atoms with van der Waals surface area (Å²) in [5, 5.41) is 0. The molecule has 7 heteroatoms. The molecular weight excluding hydrogens is 388 g/mol. The van der Waals surface area contributed by atoms with Crippen LogP contribution < -0.4 is 15.6 Å². The number of amides is 2. The zero-order valence-electron chi connectivity index (χ0n) is 16.0. The number of benzene rings is 2. The Balaban J connectivity index is 1.47. The van der Waals surface area contributed by atoms with Gasteiger partial charge in [-0.1, -0.05) is 37.3 Å². The molecule has 0 saturated heterocycles. The fourth-order valence-corrected chi connectivity index (χ4v) is 3.10. The molecule has 2 aromatic carbocycles. The summed E-state index contributed by atoms with van der Waals surface area (Å²) >= 11 is 1.81. The highest BCUT2D eigenvalue weighted by molar-refractivity contribution is 7.98. The van der Waals surface area contributed by atoms with Gasteiger partial charge in [0.15, 0.2) is 5.76 Å². The summed E-state index contributed by atoms with van der Waals surface area (Å²) in [5.74, 6) is 2.31. The molecule has 0 unspecified atom stereocenters. The summed E-state index contributed by atoms with van der Waals surface area (Å²) in [6, 6.07) is 19.8. The molecule has 29 heavy (non-hydrogen) atoms. The number of thioether (sulfide) groups is 1. The molecule has 2 N–H and O–H groups in total. The van der Waals surface area contributed by atoms with Crippen molar-refractivity contribution in [2.24, 2.45) is 0 Å². The molecule has 1 aromatic heterocycles. The average Bonchev–Trinajstić information content (AvgIpc) is 3.24. The van der Waals surface area contributed by atoms with Gasteiger partial charge in [0.05, 0.1) is 0 Å². The minimum atomic E-state index is -0.541. The van der Waals surface area contributed by atoms with Gasteiger partial charge in [0.2, 0.25) is 0 Å². The average molecular weight is 410 g/mol. The topological polar surface area (TPSA) is 80.6 Å². The normalized spacial score (nSPS) is 10.4. The largest absolute Gasteiger partial charge is 0.486 e. The molecule has 3 rings (SSSR count). The molecule has 2 amide bonds. The van der Waals surface area contributed by atoms with E-state index in [1.165, 1.54) is 6.07 Å². The third-order valence-electron chi connectivity index (χ3n) is 3.99. The Morgan fingerprint density at radius 2 is 1.66 bits per heavy atom. The summed E-state index contributed by atoms with van der Waals surface area (Å²) in [6.45, 7) is 2.31. The maximum Gasteiger partial charge on any atom is 0.305 e. The van der Waals surface area contributed by atoms with E-state index in [4.69, 9.17) is 9.15 Å². The van der Waals surface area contributed by atoms with Gasteiger partial charge in [0.25, 0.3) is 5.91 Å². The van der Waals surface area contributed by atoms with Gasteiger partial charge in [-0.3, -0.25) is 20.4 Å². The number of furan rings is 1. The van der Waals surface area contributed by atoms with Crippen molar-refractivity contribution in [3.63, 3.8) is 0 Å². The van der Waals surface area contributed by atoms with Gasteiger partial charge in [-0.25, -0.2) is 0 Å². The maximum atomic E-state index is 12.2. The summed E-state index contributed by atoms with van der Waals surface area (Å²) in [7, 11) is 0. The van der Waals surface area contributed by atoms with Crippen LogP contribution in [-0.4, -0.2) is 17.6 Å². The number of hydrogen-bond donors (Lipinski definition) is 2. The van der Waals surface area contributed by atoms with E-state index in [0.29, 0.717) is 17.1 Å². The van der Waals surface area contributed by atoms with Gasteiger partial charge < -0.3 is 9.15 Å². The van der Waals surface area contributed by atoms with Crippen LogP contribution in [0.25, 0.3) is 0 Å². The Bertz CT molecular complexity index is 939. The second kappa shape index (κ2) is 10.4. The molecule has 0 aliphatic carbocycles. The third kappa shape index (κ3) is 6.15. The van der Waals surface area contributed by atoms with Crippen LogP contribution in [0, 0.1) is 0 Å². The predicted octanol–water partition coefficient (Wildman–Crippen LogP) is 4.19. The number of carbonyl (C=O) groups excluding carboxylic acids is 2. The number of hydrogen-bond acceptors (Lipinski definition) is 5. The molecule has 1 heterocycles. The van der Waals surface area contributed by atoms with Crippen molar-refractivity contribution in [2.75, 3.05) is 5.75 Å². The zero-order chi connectivity index (χ0) is 20.5. The molecular formula is C22H22N2O4S. The quantitative estimate of drug-likeness (QED) is 0.545. The number of carbonyl (C=O) groups is 2. The van der Waals surface area contributed by atoms with Crippen LogP contribution in [0.5, 0.6) is 5.75 Å². The van der Waals surface area contributed by atoms with Crippen LogP contribution in [-0.2, 0) is 12.4 Å². The predicted molar refractivity (Wildman–Crippen MR) is 113 cm³/mol. The monoisotopic (exact) mass is 410 g/mol. The number of nitrogens with one attached hydrogen (secondary N) is 2. The third-order valence-corrected chi connectivity index (χ3v) is 4.93. The van der Waals surface area contributed by atoms with Gasteiger partial charge in [0.1, 0.15) is 18.1 Å². The van der Waals surface area contributed by atoms with E-state index in [1.807, 2.05) is 54.2 Å². The van der Waals surface area contributed by atoms with E-state index in [9.17, 15) is 9.59 Å². The minimum absolute atomic E-state index is 0.0869. The summed E-state index contributed by atoms with van der Waals surface area (Å²) in [4.78, 5) is 24.4. The van der Waals surface area contributed by atoms with Crippen LogP contribution in [0.15, 0.2) is 71.1 Å². The van der Waals surface area contributed by atoms with E-state index in [2.05, 4.69) is 17.8 Å². The Hall–Kier alpha value is -3.19. The van der Waals surface area contributed by atoms with Crippen molar-refractivity contribution in [3.05, 3.63) is 89.4 Å². The Morgan fingerprint density at radius 3 is 2.38 bits per heavy atom. The second-order valence-corrected chi connectivity index (χ2v) is 7.38. The molecule has 6 nitrogen and oxygen atoms in total. The fraction of sp³-hybridized carbons (Fsp3) is 0.182. The Labute approximate surface area is 173 Å². The summed E-state index contributed by atoms with van der Waals surface area (Å²) < 4.78 is 11.0. The van der Waals surface area contributed by atoms with Crippen LogP contribution in [0.2, 0.25) is 0 Å². The Kier molecular flexibility index (Phi) is 7.35. The second-order valence-electron chi connectivity index (χ2n) is 6.11. The van der Waals surface area contributed by atoms with E-state index in [-0.39, 0.29) is 12.4 Å². The fourth-order valence-electron chi connectivity index (χ4n) is 2.47. The standard InChI is InChI=1S/C22H22N2O4S/c1-2-29-15-16-8-10-17(11-9-16)21(25)23-24-22(26)20-13-12-19(28-20)14-27-18-6-4-3-5-7-18/h3-13H,2,14-15H2,1H3,(H,23,25)(H,24,26). The SMILES string of the molecule is CCSCc1ccc(C(=O)NNC(=O)c2ccc(COc3ccccc3)o2)cc1. The molecule has 0 spiro atoms. The van der Waals surface area contributed by atoms with Crippen LogP contribution in [0.1, 0.15) is 39.2 Å². The molecule has 3 aromatic rings. The molecule has 0 aliphatic heterocycles. The molecule has 0 aliphatic rings. The Morgan fingerprint density at radius 1 is 0.931 bits per heavy atom. The molecule has 0 bridgehead atoms. The minimum Gasteiger partial charge on any atom is -0.486 e.